The van der Waals surface area contributed by atoms with Gasteiger partial charge in [-0.25, -0.2) is 4.79 Å². The second-order valence-electron chi connectivity index (χ2n) is 29.4. The van der Waals surface area contributed by atoms with Gasteiger partial charge in [0.25, 0.3) is 23.6 Å². The van der Waals surface area contributed by atoms with Crippen molar-refractivity contribution in [2.45, 2.75) is 39.7 Å². The number of pyridine rings is 4. The lowest BCUT2D eigenvalue weighted by Crippen LogP contribution is -2.36. The number of urea groups is 1. The molecule has 2 aliphatic rings. The third kappa shape index (κ3) is 21.8. The van der Waals surface area contributed by atoms with Crippen LogP contribution in [0.1, 0.15) is 103 Å². The first-order valence-electron chi connectivity index (χ1n) is 40.1. The lowest BCUT2D eigenvalue weighted by molar-refractivity contribution is -0.117. The fourth-order valence-corrected chi connectivity index (χ4v) is 13.2. The second kappa shape index (κ2) is 40.3. The Morgan fingerprint density at radius 3 is 1.02 bits per heavy atom. The largest absolute Gasteiger partial charge is 0.397 e. The maximum Gasteiger partial charge on any atom is 0.321 e. The number of hydrogen-bond acceptors (Lipinski definition) is 21. The number of rotatable bonds is 19. The number of aromatic nitrogens is 12. The summed E-state index contributed by atoms with van der Waals surface area (Å²) < 4.78 is 4.83. The van der Waals surface area contributed by atoms with Crippen molar-refractivity contribution < 1.29 is 33.5 Å². The number of likely N-dealkylation sites (tertiary alicyclic amines) is 1. The zero-order valence-corrected chi connectivity index (χ0v) is 69.0. The predicted molar refractivity (Wildman–Crippen MR) is 484 cm³/mol. The Morgan fingerprint density at radius 2 is 0.717 bits per heavy atom. The summed E-state index contributed by atoms with van der Waals surface area (Å²) in [6.45, 7) is 8.86. The fourth-order valence-electron chi connectivity index (χ4n) is 13.2. The molecule has 1 saturated heterocycles. The first-order chi connectivity index (χ1) is 61.8. The summed E-state index contributed by atoms with van der Waals surface area (Å²) in [5.41, 5.74) is 24.3. The van der Waals surface area contributed by atoms with E-state index in [0.717, 1.165) is 112 Å². The van der Waals surface area contributed by atoms with Crippen LogP contribution in [-0.2, 0) is 16.1 Å². The number of anilines is 7. The monoisotopic (exact) mass is 1680 g/mol. The topological polar surface area (TPSA) is 478 Å². The molecule has 0 spiro atoms. The molecule has 12 N–H and O–H groups in total. The molecule has 7 amide bonds. The molecule has 16 aromatic rings. The molecule has 1 saturated carbocycles. The van der Waals surface area contributed by atoms with E-state index in [1.165, 1.54) is 16.9 Å². The van der Waals surface area contributed by atoms with Gasteiger partial charge < -0.3 is 47.3 Å². The number of aromatic amines is 4. The third-order valence-electron chi connectivity index (χ3n) is 20.2. The van der Waals surface area contributed by atoms with Gasteiger partial charge in [-0.05, 0) is 244 Å². The van der Waals surface area contributed by atoms with Crippen LogP contribution in [0, 0.1) is 51.2 Å². The van der Waals surface area contributed by atoms with E-state index in [1.54, 1.807) is 148 Å². The van der Waals surface area contributed by atoms with E-state index < -0.39 is 0 Å². The van der Waals surface area contributed by atoms with Gasteiger partial charge >= 0.3 is 6.03 Å². The smallest absolute Gasteiger partial charge is 0.321 e. The van der Waals surface area contributed by atoms with Crippen LogP contribution in [0.2, 0.25) is 0 Å². The molecule has 32 heteroatoms. The number of nitrogens with zero attached hydrogens (tertiary/aromatic N) is 14. The summed E-state index contributed by atoms with van der Waals surface area (Å²) in [5.74, 6) is -1.24. The van der Waals surface area contributed by atoms with Crippen molar-refractivity contribution in [1.82, 2.24) is 70.5 Å². The van der Waals surface area contributed by atoms with E-state index >= 15 is 0 Å². The van der Waals surface area contributed by atoms with Gasteiger partial charge in [0.05, 0.1) is 98.1 Å². The van der Waals surface area contributed by atoms with Crippen LogP contribution >= 0.6 is 0 Å². The van der Waals surface area contributed by atoms with Crippen molar-refractivity contribution in [1.29, 1.82) is 21.0 Å². The van der Waals surface area contributed by atoms with Crippen molar-refractivity contribution >= 4 is 119 Å². The zero-order chi connectivity index (χ0) is 88.9. The molecule has 0 atom stereocenters. The molecule has 1 aliphatic carbocycles. The molecule has 628 valence electrons. The first kappa shape index (κ1) is 85.9. The summed E-state index contributed by atoms with van der Waals surface area (Å²) in [6, 6.07) is 64.9. The van der Waals surface area contributed by atoms with Gasteiger partial charge in [0.1, 0.15) is 0 Å². The maximum absolute atomic E-state index is 12.8. The minimum Gasteiger partial charge on any atom is -0.397 e. The number of amides is 7. The number of nitrogen functional groups attached to an aromatic ring is 1. The molecular weight excluding hydrogens is 1600 g/mol. The van der Waals surface area contributed by atoms with Crippen molar-refractivity contribution in [3.05, 3.63) is 294 Å². The van der Waals surface area contributed by atoms with Crippen LogP contribution in [0.3, 0.4) is 0 Å². The van der Waals surface area contributed by atoms with Crippen LogP contribution in [0.4, 0.5) is 44.6 Å². The fraction of sp³-hybridized carbons (Fsp3) is 0.137. The average molecular weight is 1680 g/mol. The number of nitrogens with two attached hydrogens (primary N) is 1. The van der Waals surface area contributed by atoms with Crippen LogP contribution in [0.25, 0.3) is 88.1 Å². The number of hydrogen-bond donors (Lipinski definition) is 11. The molecule has 127 heavy (non-hydrogen) atoms. The molecular formula is C95H81N25O7. The van der Waals surface area contributed by atoms with Crippen LogP contribution in [-0.4, -0.2) is 146 Å². The van der Waals surface area contributed by atoms with E-state index in [2.05, 4.69) is 110 Å². The molecule has 9 heterocycles. The quantitative estimate of drug-likeness (QED) is 0.0358. The number of nitriles is 4. The van der Waals surface area contributed by atoms with Gasteiger partial charge in [0.15, 0.2) is 22.8 Å². The van der Waals surface area contributed by atoms with E-state index in [4.69, 9.17) is 31.5 Å². The second-order valence-corrected chi connectivity index (χ2v) is 29.4. The molecule has 0 unspecified atom stereocenters. The Labute approximate surface area is 726 Å². The van der Waals surface area contributed by atoms with Gasteiger partial charge in [-0.1, -0.05) is 24.3 Å². The number of benzene rings is 8. The highest BCUT2D eigenvalue weighted by molar-refractivity contribution is 6.15. The normalized spacial score (nSPS) is 11.7. The molecule has 2 fully saturated rings. The molecule has 0 radical (unpaired) electrons. The van der Waals surface area contributed by atoms with Crippen molar-refractivity contribution in [3.63, 3.8) is 0 Å². The Hall–Kier alpha value is -17.5. The molecule has 1 aliphatic heterocycles. The minimum absolute atomic E-state index is 0.0241. The Balaban J connectivity index is 0.000000135. The van der Waals surface area contributed by atoms with Crippen LogP contribution in [0.15, 0.2) is 244 Å². The van der Waals surface area contributed by atoms with E-state index in [9.17, 15) is 28.8 Å². The Kier molecular flexibility index (Phi) is 27.3. The number of nitrogens with one attached hydrogen (secondary N) is 10. The lowest BCUT2D eigenvalue weighted by atomic mass is 10.0. The zero-order valence-electron chi connectivity index (χ0n) is 69.0. The van der Waals surface area contributed by atoms with Gasteiger partial charge in [-0.3, -0.25) is 69.2 Å². The predicted octanol–water partition coefficient (Wildman–Crippen LogP) is 16.3. The van der Waals surface area contributed by atoms with E-state index in [1.807, 2.05) is 135 Å². The Morgan fingerprint density at radius 1 is 0.394 bits per heavy atom. The molecule has 0 bridgehead atoms. The summed E-state index contributed by atoms with van der Waals surface area (Å²) in [7, 11) is 3.31. The van der Waals surface area contributed by atoms with Gasteiger partial charge in [0.2, 0.25) is 5.91 Å². The molecule has 8 aromatic heterocycles. The van der Waals surface area contributed by atoms with Crippen molar-refractivity contribution in [2.75, 3.05) is 78.0 Å². The molecule has 32 nitrogen and oxygen atoms in total. The first-order valence-corrected chi connectivity index (χ1v) is 40.1. The highest BCUT2D eigenvalue weighted by Gasteiger charge is 2.30. The standard InChI is InChI=1S/C24H18N6O2.C24H20N6O.C23H19N7O2.C20H14N6O.C4H10O/c25-11-14-1-6-18(7-2-14)27-24(32)22-20-10-16(5-8-21(20)29-30-22)17-9-19(13-26-12-17)28-23(31)15-3-4-15;25-12-16-2-5-20(6-3-16)27-24(31)23-21-11-18(4-7-22(21)28-29-23)19-10-17(13-26-14-19)15-30-8-1-9-30;1-30(2)23(32)27-18-9-16(12-25-13-18)15-5-8-20-19(10-15)21(29-28-20)22(31)26-17-6-3-14(11-24)4-7-17;21-9-12-1-4-16(5-2-12)24-20(27)19-17-8-13(3-6-18(17)25-26-19)14-7-15(22)11-23-10-14;1-3-5-4-2/h1-2,5-10,12-13,15H,3-4H2,(H,27,32)(H,28,31)(H,29,30);2-7,10-11,13-14H,1,8-9,15H2,(H,27,31)(H,28,29);3-10,12-13H,1-2H3,(H,26,31)(H,27,32)(H,28,29);1-8,10-11H,22H2,(H,24,27)(H,25,26);3-4H2,1-2H3. The van der Waals surface area contributed by atoms with E-state index in [0.29, 0.717) is 89.4 Å². The van der Waals surface area contributed by atoms with Crippen molar-refractivity contribution in [3.8, 4) is 68.8 Å². The number of fused-ring (bicyclic) bond motifs is 4. The average Bonchev–Trinajstić information content (AvgIpc) is 1.75. The summed E-state index contributed by atoms with van der Waals surface area (Å²) in [6.07, 6.45) is 16.8. The number of carbonyl (C=O) groups is 6. The summed E-state index contributed by atoms with van der Waals surface area (Å²) in [5, 5.41) is 83.5. The van der Waals surface area contributed by atoms with Gasteiger partial charge in [0, 0.05) is 144 Å². The highest BCUT2D eigenvalue weighted by Crippen LogP contribution is 2.35. The summed E-state index contributed by atoms with van der Waals surface area (Å²) in [4.78, 5) is 95.9. The molecule has 18 rings (SSSR count). The third-order valence-corrected chi connectivity index (χ3v) is 20.2. The number of ether oxygens (including phenoxy) is 1. The number of carbonyl (C=O) groups excluding carboxylic acids is 6. The highest BCUT2D eigenvalue weighted by atomic mass is 16.5. The molecule has 8 aromatic carbocycles. The lowest BCUT2D eigenvalue weighted by Gasteiger charge is -2.30. The number of H-pyrrole nitrogens is 4. The van der Waals surface area contributed by atoms with Gasteiger partial charge in [-0.2, -0.15) is 41.4 Å². The minimum atomic E-state index is -0.372. The van der Waals surface area contributed by atoms with Crippen LogP contribution < -0.4 is 37.6 Å². The maximum atomic E-state index is 12.8. The Bertz CT molecular complexity index is 6720. The van der Waals surface area contributed by atoms with Crippen LogP contribution in [0.5, 0.6) is 0 Å². The SMILES string of the molecule is CCOCC.CN(C)C(=O)Nc1cncc(-c2ccc3[nH]nc(C(=O)Nc4ccc(C#N)cc4)c3c2)c1.N#Cc1ccc(NC(=O)c2n[nH]c3ccc(-c4cncc(CN5CCC5)c4)cc23)cc1.N#Cc1ccc(NC(=O)c2n[nH]c3ccc(-c4cncc(N)c4)cc23)cc1.N#Cc1ccc(NC(=O)c2n[nH]c3ccc(-c4cncc(NC(=O)C5CC5)c4)cc23)cc1. The summed E-state index contributed by atoms with van der Waals surface area (Å²) >= 11 is 0. The van der Waals surface area contributed by atoms with Crippen molar-refractivity contribution in [2.24, 2.45) is 5.92 Å². The van der Waals surface area contributed by atoms with Gasteiger partial charge in [-0.15, -0.1) is 0 Å². The van der Waals surface area contributed by atoms with E-state index in [-0.39, 0.29) is 58.6 Å².